The number of nitrogens with one attached hydrogen (secondary N) is 1. The highest BCUT2D eigenvalue weighted by molar-refractivity contribution is 8.00. The average molecular weight is 398 g/mol. The maximum Gasteiger partial charge on any atom is 0.237 e. The fourth-order valence-electron chi connectivity index (χ4n) is 2.32. The molecule has 0 saturated carbocycles. The summed E-state index contributed by atoms with van der Waals surface area (Å²) < 4.78 is 11.3. The number of thioether (sulfide) groups is 1. The van der Waals surface area contributed by atoms with E-state index in [0.29, 0.717) is 34.7 Å². The van der Waals surface area contributed by atoms with Crippen molar-refractivity contribution in [2.24, 2.45) is 0 Å². The van der Waals surface area contributed by atoms with E-state index in [4.69, 9.17) is 32.7 Å². The van der Waals surface area contributed by atoms with Crippen molar-refractivity contribution in [3.63, 3.8) is 0 Å². The van der Waals surface area contributed by atoms with Crippen LogP contribution in [-0.4, -0.2) is 24.4 Å². The molecule has 0 radical (unpaired) electrons. The van der Waals surface area contributed by atoms with Crippen molar-refractivity contribution in [1.29, 1.82) is 0 Å². The third-order valence-corrected chi connectivity index (χ3v) is 5.34. The van der Waals surface area contributed by atoms with Crippen LogP contribution in [0, 0.1) is 0 Å². The van der Waals surface area contributed by atoms with Crippen LogP contribution < -0.4 is 14.8 Å². The van der Waals surface area contributed by atoms with Crippen LogP contribution in [0.4, 0.5) is 5.69 Å². The van der Waals surface area contributed by atoms with Gasteiger partial charge in [-0.05, 0) is 37.3 Å². The van der Waals surface area contributed by atoms with Crippen molar-refractivity contribution in [3.05, 3.63) is 46.4 Å². The molecule has 1 N–H and O–H groups in total. The first kappa shape index (κ1) is 18.2. The Labute approximate surface area is 160 Å². The molecule has 0 bridgehead atoms. The number of hydrogen-bond acceptors (Lipinski definition) is 4. The molecule has 0 aliphatic carbocycles. The molecule has 132 valence electrons. The number of carbonyl (C=O) groups excluding carboxylic acids is 1. The largest absolute Gasteiger partial charge is 0.490 e. The lowest BCUT2D eigenvalue weighted by molar-refractivity contribution is -0.115. The summed E-state index contributed by atoms with van der Waals surface area (Å²) in [6.45, 7) is 3.10. The van der Waals surface area contributed by atoms with Crippen LogP contribution in [-0.2, 0) is 4.79 Å². The molecule has 2 aromatic rings. The van der Waals surface area contributed by atoms with Gasteiger partial charge in [0.05, 0.1) is 34.2 Å². The normalized spacial score (nSPS) is 14.5. The molecule has 7 heteroatoms. The monoisotopic (exact) mass is 397 g/mol. The predicted molar refractivity (Wildman–Crippen MR) is 102 cm³/mol. The third kappa shape index (κ3) is 4.54. The smallest absolute Gasteiger partial charge is 0.237 e. The molecule has 0 fully saturated rings. The molecular weight excluding hydrogens is 381 g/mol. The third-order valence-electron chi connectivity index (χ3n) is 3.61. The SMILES string of the molecule is CC(Sc1ccc2c(c1)OCCCO2)C(=O)Nc1c(Cl)cccc1Cl. The molecule has 1 unspecified atom stereocenters. The standard InChI is InChI=1S/C18H17Cl2NO3S/c1-11(18(22)21-17-13(19)4-2-5-14(17)20)25-12-6-7-15-16(10-12)24-9-3-8-23-15/h2,4-7,10-11H,3,8-9H2,1H3,(H,21,22). The summed E-state index contributed by atoms with van der Waals surface area (Å²) in [5.74, 6) is 1.28. The number of ether oxygens (including phenoxy) is 2. The van der Waals surface area contributed by atoms with E-state index in [9.17, 15) is 4.79 Å². The Kier molecular flexibility index (Phi) is 5.99. The zero-order valence-electron chi connectivity index (χ0n) is 13.6. The number of amides is 1. The molecule has 1 aliphatic rings. The highest BCUT2D eigenvalue weighted by Gasteiger charge is 2.19. The van der Waals surface area contributed by atoms with Gasteiger partial charge in [-0.15, -0.1) is 11.8 Å². The lowest BCUT2D eigenvalue weighted by Crippen LogP contribution is -2.22. The van der Waals surface area contributed by atoms with Gasteiger partial charge in [-0.3, -0.25) is 4.79 Å². The Morgan fingerprint density at radius 1 is 1.12 bits per heavy atom. The van der Waals surface area contributed by atoms with Gasteiger partial charge in [0.25, 0.3) is 0 Å². The molecule has 3 rings (SSSR count). The van der Waals surface area contributed by atoms with Crippen LogP contribution in [0.15, 0.2) is 41.3 Å². The number of benzene rings is 2. The number of halogens is 2. The van der Waals surface area contributed by atoms with E-state index in [1.165, 1.54) is 11.8 Å². The van der Waals surface area contributed by atoms with E-state index >= 15 is 0 Å². The van der Waals surface area contributed by atoms with Crippen LogP contribution in [0.25, 0.3) is 0 Å². The molecule has 0 aromatic heterocycles. The summed E-state index contributed by atoms with van der Waals surface area (Å²) in [6, 6.07) is 10.8. The summed E-state index contributed by atoms with van der Waals surface area (Å²) in [4.78, 5) is 13.4. The molecular formula is C18H17Cl2NO3S. The minimum Gasteiger partial charge on any atom is -0.490 e. The molecule has 2 aromatic carbocycles. The molecule has 1 aliphatic heterocycles. The van der Waals surface area contributed by atoms with Gasteiger partial charge in [-0.2, -0.15) is 0 Å². The second-order valence-electron chi connectivity index (χ2n) is 5.51. The maximum atomic E-state index is 12.5. The van der Waals surface area contributed by atoms with Crippen LogP contribution in [0.3, 0.4) is 0 Å². The summed E-state index contributed by atoms with van der Waals surface area (Å²) >= 11 is 13.6. The minimum absolute atomic E-state index is 0.174. The van der Waals surface area contributed by atoms with Crippen molar-refractivity contribution in [2.75, 3.05) is 18.5 Å². The lowest BCUT2D eigenvalue weighted by Gasteiger charge is -2.15. The molecule has 1 atom stereocenters. The topological polar surface area (TPSA) is 47.6 Å². The Morgan fingerprint density at radius 3 is 2.52 bits per heavy atom. The first-order chi connectivity index (χ1) is 12.0. The van der Waals surface area contributed by atoms with Gasteiger partial charge in [0.15, 0.2) is 11.5 Å². The quantitative estimate of drug-likeness (QED) is 0.713. The average Bonchev–Trinajstić information content (AvgIpc) is 2.83. The van der Waals surface area contributed by atoms with Crippen molar-refractivity contribution < 1.29 is 14.3 Å². The van der Waals surface area contributed by atoms with Gasteiger partial charge in [0.1, 0.15) is 0 Å². The van der Waals surface area contributed by atoms with Crippen LogP contribution in [0.1, 0.15) is 13.3 Å². The fourth-order valence-corrected chi connectivity index (χ4v) is 3.70. The number of carbonyl (C=O) groups is 1. The minimum atomic E-state index is -0.336. The Morgan fingerprint density at radius 2 is 1.80 bits per heavy atom. The van der Waals surface area contributed by atoms with E-state index in [-0.39, 0.29) is 11.2 Å². The van der Waals surface area contributed by atoms with Gasteiger partial charge in [-0.25, -0.2) is 0 Å². The highest BCUT2D eigenvalue weighted by Crippen LogP contribution is 2.36. The van der Waals surface area contributed by atoms with Crippen molar-refractivity contribution in [1.82, 2.24) is 0 Å². The summed E-state index contributed by atoms with van der Waals surface area (Å²) in [5, 5.41) is 3.28. The fraction of sp³-hybridized carbons (Fsp3) is 0.278. The molecule has 1 amide bonds. The molecule has 0 spiro atoms. The number of para-hydroxylation sites is 1. The van der Waals surface area contributed by atoms with Crippen LogP contribution in [0.5, 0.6) is 11.5 Å². The summed E-state index contributed by atoms with van der Waals surface area (Å²) in [5.41, 5.74) is 0.432. The Balaban J connectivity index is 1.68. The second-order valence-corrected chi connectivity index (χ2v) is 7.73. The highest BCUT2D eigenvalue weighted by atomic mass is 35.5. The van der Waals surface area contributed by atoms with E-state index < -0.39 is 0 Å². The number of hydrogen-bond donors (Lipinski definition) is 1. The Bertz CT molecular complexity index is 765. The zero-order valence-corrected chi connectivity index (χ0v) is 15.9. The maximum absolute atomic E-state index is 12.5. The molecule has 1 heterocycles. The predicted octanol–water partition coefficient (Wildman–Crippen LogP) is 5.27. The molecule has 25 heavy (non-hydrogen) atoms. The van der Waals surface area contributed by atoms with Gasteiger partial charge in [-0.1, -0.05) is 29.3 Å². The van der Waals surface area contributed by atoms with Crippen molar-refractivity contribution in [3.8, 4) is 11.5 Å². The first-order valence-electron chi connectivity index (χ1n) is 7.86. The van der Waals surface area contributed by atoms with Gasteiger partial charge < -0.3 is 14.8 Å². The first-order valence-corrected chi connectivity index (χ1v) is 9.49. The number of anilines is 1. The lowest BCUT2D eigenvalue weighted by atomic mass is 10.3. The number of rotatable bonds is 4. The Hall–Kier alpha value is -1.56. The zero-order chi connectivity index (χ0) is 17.8. The van der Waals surface area contributed by atoms with E-state index in [0.717, 1.165) is 17.1 Å². The second kappa shape index (κ2) is 8.21. The summed E-state index contributed by atoms with van der Waals surface area (Å²) in [6.07, 6.45) is 0.856. The van der Waals surface area contributed by atoms with Crippen molar-refractivity contribution >= 4 is 46.6 Å². The molecule has 0 saturated heterocycles. The van der Waals surface area contributed by atoms with E-state index in [1.54, 1.807) is 18.2 Å². The van der Waals surface area contributed by atoms with E-state index in [2.05, 4.69) is 5.32 Å². The summed E-state index contributed by atoms with van der Waals surface area (Å²) in [7, 11) is 0. The molecule has 4 nitrogen and oxygen atoms in total. The van der Waals surface area contributed by atoms with Crippen LogP contribution >= 0.6 is 35.0 Å². The van der Waals surface area contributed by atoms with Gasteiger partial charge >= 0.3 is 0 Å². The van der Waals surface area contributed by atoms with Gasteiger partial charge in [0, 0.05) is 11.3 Å². The van der Waals surface area contributed by atoms with Gasteiger partial charge in [0.2, 0.25) is 5.91 Å². The van der Waals surface area contributed by atoms with Crippen LogP contribution in [0.2, 0.25) is 10.0 Å². The number of fused-ring (bicyclic) bond motifs is 1. The van der Waals surface area contributed by atoms with Crippen molar-refractivity contribution in [2.45, 2.75) is 23.5 Å². The van der Waals surface area contributed by atoms with E-state index in [1.807, 2.05) is 25.1 Å².